The summed E-state index contributed by atoms with van der Waals surface area (Å²) in [5, 5.41) is 0. The molecule has 0 aliphatic carbocycles. The Kier molecular flexibility index (Phi) is 5.84. The standard InChI is InChI=1S/C10H20ClN3O3S/c1-12(2)9-10(15)13-4-6-14(7-5-13)18(16,17)8-3-11/h3-9H2,1-2H3. The lowest BCUT2D eigenvalue weighted by Crippen LogP contribution is -2.52. The minimum absolute atomic E-state index is 0.0365. The van der Waals surface area contributed by atoms with Crippen LogP contribution >= 0.6 is 11.6 Å². The van der Waals surface area contributed by atoms with Crippen LogP contribution in [0.5, 0.6) is 0 Å². The van der Waals surface area contributed by atoms with Crippen molar-refractivity contribution in [3.8, 4) is 0 Å². The van der Waals surface area contributed by atoms with Gasteiger partial charge in [0.25, 0.3) is 0 Å². The van der Waals surface area contributed by atoms with Crippen molar-refractivity contribution >= 4 is 27.5 Å². The molecule has 8 heteroatoms. The smallest absolute Gasteiger partial charge is 0.236 e. The van der Waals surface area contributed by atoms with E-state index in [4.69, 9.17) is 11.6 Å². The van der Waals surface area contributed by atoms with E-state index >= 15 is 0 Å². The zero-order valence-electron chi connectivity index (χ0n) is 10.8. The molecule has 0 aromatic carbocycles. The van der Waals surface area contributed by atoms with Gasteiger partial charge in [-0.25, -0.2) is 8.42 Å². The molecule has 1 amide bonds. The number of nitrogens with zero attached hydrogens (tertiary/aromatic N) is 3. The van der Waals surface area contributed by atoms with Crippen molar-refractivity contribution in [2.24, 2.45) is 0 Å². The molecule has 1 fully saturated rings. The topological polar surface area (TPSA) is 60.9 Å². The molecule has 0 unspecified atom stereocenters. The molecule has 0 radical (unpaired) electrons. The third-order valence-electron chi connectivity index (χ3n) is 2.77. The SMILES string of the molecule is CN(C)CC(=O)N1CCN(S(=O)(=O)CCCl)CC1. The Hall–Kier alpha value is -0.370. The fourth-order valence-corrected chi connectivity index (χ4v) is 3.57. The van der Waals surface area contributed by atoms with Crippen LogP contribution in [0.1, 0.15) is 0 Å². The molecule has 0 aromatic rings. The summed E-state index contributed by atoms with van der Waals surface area (Å²) in [6.07, 6.45) is 0. The molecule has 1 aliphatic rings. The van der Waals surface area contributed by atoms with Crippen LogP contribution in [0.2, 0.25) is 0 Å². The van der Waals surface area contributed by atoms with Crippen molar-refractivity contribution < 1.29 is 13.2 Å². The average molecular weight is 298 g/mol. The van der Waals surface area contributed by atoms with E-state index in [0.29, 0.717) is 32.7 Å². The second-order valence-corrected chi connectivity index (χ2v) is 6.99. The van der Waals surface area contributed by atoms with Gasteiger partial charge < -0.3 is 9.80 Å². The molecule has 106 valence electrons. The van der Waals surface area contributed by atoms with Gasteiger partial charge in [0.2, 0.25) is 15.9 Å². The van der Waals surface area contributed by atoms with E-state index in [-0.39, 0.29) is 17.5 Å². The van der Waals surface area contributed by atoms with Crippen LogP contribution < -0.4 is 0 Å². The summed E-state index contributed by atoms with van der Waals surface area (Å²) >= 11 is 5.47. The van der Waals surface area contributed by atoms with Gasteiger partial charge in [0.05, 0.1) is 12.3 Å². The van der Waals surface area contributed by atoms with Crippen LogP contribution in [0.4, 0.5) is 0 Å². The summed E-state index contributed by atoms with van der Waals surface area (Å²) in [5.41, 5.74) is 0. The lowest BCUT2D eigenvalue weighted by molar-refractivity contribution is -0.133. The fourth-order valence-electron chi connectivity index (χ4n) is 1.81. The van der Waals surface area contributed by atoms with E-state index in [1.165, 1.54) is 4.31 Å². The Morgan fingerprint density at radius 1 is 1.22 bits per heavy atom. The Morgan fingerprint density at radius 2 is 1.78 bits per heavy atom. The lowest BCUT2D eigenvalue weighted by atomic mass is 10.3. The van der Waals surface area contributed by atoms with Crippen molar-refractivity contribution in [1.29, 1.82) is 0 Å². The van der Waals surface area contributed by atoms with E-state index in [1.54, 1.807) is 9.80 Å². The highest BCUT2D eigenvalue weighted by Gasteiger charge is 2.28. The van der Waals surface area contributed by atoms with Crippen LogP contribution in [0.3, 0.4) is 0 Å². The van der Waals surface area contributed by atoms with Gasteiger partial charge in [0.15, 0.2) is 0 Å². The average Bonchev–Trinajstić information content (AvgIpc) is 2.28. The Bertz CT molecular complexity index is 378. The largest absolute Gasteiger partial charge is 0.339 e. The monoisotopic (exact) mass is 297 g/mol. The molecule has 0 spiro atoms. The number of alkyl halides is 1. The molecule has 1 heterocycles. The van der Waals surface area contributed by atoms with Gasteiger partial charge in [-0.3, -0.25) is 4.79 Å². The first kappa shape index (κ1) is 15.7. The van der Waals surface area contributed by atoms with Crippen molar-refractivity contribution in [2.75, 3.05) is 58.5 Å². The predicted octanol–water partition coefficient (Wildman–Crippen LogP) is -0.739. The van der Waals surface area contributed by atoms with Crippen LogP contribution in [0.25, 0.3) is 0 Å². The molecule has 0 atom stereocenters. The number of hydrogen-bond acceptors (Lipinski definition) is 4. The first-order chi connectivity index (χ1) is 8.36. The Morgan fingerprint density at radius 3 is 2.22 bits per heavy atom. The van der Waals surface area contributed by atoms with Crippen LogP contribution in [-0.2, 0) is 14.8 Å². The van der Waals surface area contributed by atoms with Crippen molar-refractivity contribution in [3.05, 3.63) is 0 Å². The zero-order valence-corrected chi connectivity index (χ0v) is 12.4. The highest BCUT2D eigenvalue weighted by molar-refractivity contribution is 7.89. The third-order valence-corrected chi connectivity index (χ3v) is 5.06. The van der Waals surface area contributed by atoms with Crippen LogP contribution in [-0.4, -0.2) is 86.9 Å². The fraction of sp³-hybridized carbons (Fsp3) is 0.900. The third kappa shape index (κ3) is 4.38. The molecular formula is C10H20ClN3O3S. The Labute approximate surface area is 114 Å². The molecule has 0 saturated carbocycles. The van der Waals surface area contributed by atoms with Gasteiger partial charge in [-0.2, -0.15) is 4.31 Å². The van der Waals surface area contributed by atoms with Crippen molar-refractivity contribution in [1.82, 2.24) is 14.1 Å². The molecule has 1 saturated heterocycles. The first-order valence-electron chi connectivity index (χ1n) is 5.83. The number of halogens is 1. The van der Waals surface area contributed by atoms with Gasteiger partial charge in [-0.1, -0.05) is 0 Å². The summed E-state index contributed by atoms with van der Waals surface area (Å²) in [6.45, 7) is 1.98. The van der Waals surface area contributed by atoms with Gasteiger partial charge in [-0.05, 0) is 14.1 Å². The minimum atomic E-state index is -3.25. The number of rotatable bonds is 5. The highest BCUT2D eigenvalue weighted by atomic mass is 35.5. The maximum Gasteiger partial charge on any atom is 0.236 e. The zero-order chi connectivity index (χ0) is 13.8. The van der Waals surface area contributed by atoms with E-state index in [9.17, 15) is 13.2 Å². The molecule has 0 bridgehead atoms. The normalized spacial score (nSPS) is 18.3. The summed E-state index contributed by atoms with van der Waals surface area (Å²) in [5.74, 6) is 0.0943. The van der Waals surface area contributed by atoms with Gasteiger partial charge >= 0.3 is 0 Å². The molecule has 1 aliphatic heterocycles. The molecule has 1 rings (SSSR count). The van der Waals surface area contributed by atoms with Gasteiger partial charge in [0, 0.05) is 32.1 Å². The molecule has 18 heavy (non-hydrogen) atoms. The molecule has 6 nitrogen and oxygen atoms in total. The molecule has 0 aromatic heterocycles. The summed E-state index contributed by atoms with van der Waals surface area (Å²) in [4.78, 5) is 15.3. The summed E-state index contributed by atoms with van der Waals surface area (Å²) in [7, 11) is 0.412. The number of carbonyl (C=O) groups is 1. The van der Waals surface area contributed by atoms with Gasteiger partial charge in [-0.15, -0.1) is 11.6 Å². The Balaban J connectivity index is 2.48. The van der Waals surface area contributed by atoms with Crippen LogP contribution in [0.15, 0.2) is 0 Å². The quantitative estimate of drug-likeness (QED) is 0.627. The van der Waals surface area contributed by atoms with Crippen LogP contribution in [0, 0.1) is 0 Å². The minimum Gasteiger partial charge on any atom is -0.339 e. The highest BCUT2D eigenvalue weighted by Crippen LogP contribution is 2.08. The number of amides is 1. The molecular weight excluding hydrogens is 278 g/mol. The number of carbonyl (C=O) groups excluding carboxylic acids is 1. The summed E-state index contributed by atoms with van der Waals surface area (Å²) in [6, 6.07) is 0. The number of likely N-dealkylation sites (N-methyl/N-ethyl adjacent to an activating group) is 1. The van der Waals surface area contributed by atoms with Gasteiger partial charge in [0.1, 0.15) is 0 Å². The predicted molar refractivity (Wildman–Crippen MR) is 71.2 cm³/mol. The maximum atomic E-state index is 11.8. The van der Waals surface area contributed by atoms with Crippen molar-refractivity contribution in [2.45, 2.75) is 0 Å². The number of hydrogen-bond donors (Lipinski definition) is 0. The van der Waals surface area contributed by atoms with E-state index in [2.05, 4.69) is 0 Å². The molecule has 0 N–H and O–H groups in total. The van der Waals surface area contributed by atoms with E-state index in [0.717, 1.165) is 0 Å². The first-order valence-corrected chi connectivity index (χ1v) is 7.97. The maximum absolute atomic E-state index is 11.8. The summed E-state index contributed by atoms with van der Waals surface area (Å²) < 4.78 is 25.0. The van der Waals surface area contributed by atoms with E-state index < -0.39 is 10.0 Å². The number of sulfonamides is 1. The second kappa shape index (κ2) is 6.70. The van der Waals surface area contributed by atoms with E-state index in [1.807, 2.05) is 14.1 Å². The lowest BCUT2D eigenvalue weighted by Gasteiger charge is -2.34. The van der Waals surface area contributed by atoms with Crippen molar-refractivity contribution in [3.63, 3.8) is 0 Å². The number of piperazine rings is 1. The second-order valence-electron chi connectivity index (χ2n) is 4.52.